The molecule has 0 unspecified atom stereocenters. The van der Waals surface area contributed by atoms with Crippen LogP contribution in [0.2, 0.25) is 0 Å². The molecule has 0 spiro atoms. The number of ether oxygens (including phenoxy) is 1. The zero-order valence-electron chi connectivity index (χ0n) is 16.4. The van der Waals surface area contributed by atoms with Gasteiger partial charge < -0.3 is 15.4 Å². The molecule has 148 valence electrons. The topological polar surface area (TPSA) is 67.4 Å². The fourth-order valence-corrected chi connectivity index (χ4v) is 2.90. The number of esters is 1. The summed E-state index contributed by atoms with van der Waals surface area (Å²) in [6, 6.07) is 24.5. The quantitative estimate of drug-likeness (QED) is 0.522. The third-order valence-electron chi connectivity index (χ3n) is 4.35. The van der Waals surface area contributed by atoms with Crippen LogP contribution in [0.1, 0.15) is 29.3 Å². The molecular weight excluding hydrogens is 364 g/mol. The summed E-state index contributed by atoms with van der Waals surface area (Å²) >= 11 is 0. The number of rotatable bonds is 8. The van der Waals surface area contributed by atoms with Gasteiger partial charge in [-0.25, -0.2) is 4.79 Å². The van der Waals surface area contributed by atoms with E-state index in [1.807, 2.05) is 66.7 Å². The lowest BCUT2D eigenvalue weighted by Crippen LogP contribution is -2.12. The van der Waals surface area contributed by atoms with Gasteiger partial charge in [-0.1, -0.05) is 42.5 Å². The Kier molecular flexibility index (Phi) is 7.00. The molecule has 0 fully saturated rings. The number of amides is 1. The number of benzene rings is 3. The number of carbonyl (C=O) groups is 2. The Morgan fingerprint density at radius 3 is 2.21 bits per heavy atom. The summed E-state index contributed by atoms with van der Waals surface area (Å²) in [6.07, 6.45) is 1.13. The van der Waals surface area contributed by atoms with Crippen molar-refractivity contribution in [2.75, 3.05) is 17.2 Å². The zero-order valence-corrected chi connectivity index (χ0v) is 16.4. The van der Waals surface area contributed by atoms with Crippen LogP contribution in [0.3, 0.4) is 0 Å². The normalized spacial score (nSPS) is 10.2. The van der Waals surface area contributed by atoms with Gasteiger partial charge in [0.05, 0.1) is 17.9 Å². The van der Waals surface area contributed by atoms with Crippen molar-refractivity contribution in [2.45, 2.75) is 19.8 Å². The first-order chi connectivity index (χ1) is 14.2. The molecule has 0 saturated heterocycles. The molecule has 5 heteroatoms. The van der Waals surface area contributed by atoms with E-state index in [-0.39, 0.29) is 11.9 Å². The van der Waals surface area contributed by atoms with Gasteiger partial charge in [-0.15, -0.1) is 0 Å². The van der Waals surface area contributed by atoms with E-state index in [4.69, 9.17) is 4.74 Å². The van der Waals surface area contributed by atoms with E-state index >= 15 is 0 Å². The molecule has 0 aliphatic heterocycles. The van der Waals surface area contributed by atoms with Crippen molar-refractivity contribution in [3.05, 3.63) is 90.0 Å². The van der Waals surface area contributed by atoms with Gasteiger partial charge in [0.1, 0.15) is 0 Å². The van der Waals surface area contributed by atoms with Gasteiger partial charge in [0.25, 0.3) is 0 Å². The standard InChI is InChI=1S/C24H24N2O3/c1-2-29-24(28)21-10-6-7-11-22(21)25-19-13-15-20(16-14-19)26-23(27)17-12-18-8-4-3-5-9-18/h3-11,13-16,25H,2,12,17H2,1H3,(H,26,27). The number of carbonyl (C=O) groups excluding carboxylic acids is 2. The molecule has 0 aliphatic rings. The average molecular weight is 388 g/mol. The van der Waals surface area contributed by atoms with Crippen LogP contribution in [-0.4, -0.2) is 18.5 Å². The largest absolute Gasteiger partial charge is 0.462 e. The van der Waals surface area contributed by atoms with Gasteiger partial charge in [0.15, 0.2) is 0 Å². The summed E-state index contributed by atoms with van der Waals surface area (Å²) in [4.78, 5) is 24.3. The Morgan fingerprint density at radius 1 is 0.828 bits per heavy atom. The van der Waals surface area contributed by atoms with E-state index in [0.717, 1.165) is 16.9 Å². The van der Waals surface area contributed by atoms with Crippen LogP contribution in [0.15, 0.2) is 78.9 Å². The molecule has 3 aromatic rings. The minimum absolute atomic E-state index is 0.0257. The van der Waals surface area contributed by atoms with Gasteiger partial charge in [-0.3, -0.25) is 4.79 Å². The van der Waals surface area contributed by atoms with Crippen molar-refractivity contribution < 1.29 is 14.3 Å². The smallest absolute Gasteiger partial charge is 0.340 e. The average Bonchev–Trinajstić information content (AvgIpc) is 2.75. The van der Waals surface area contributed by atoms with Crippen molar-refractivity contribution in [1.82, 2.24) is 0 Å². The molecule has 0 radical (unpaired) electrons. The first kappa shape index (κ1) is 20.1. The fraction of sp³-hybridized carbons (Fsp3) is 0.167. The van der Waals surface area contributed by atoms with Crippen LogP contribution in [-0.2, 0) is 16.0 Å². The molecule has 3 rings (SSSR count). The first-order valence-corrected chi connectivity index (χ1v) is 9.62. The molecule has 5 nitrogen and oxygen atoms in total. The highest BCUT2D eigenvalue weighted by molar-refractivity contribution is 5.96. The number of nitrogens with one attached hydrogen (secondary N) is 2. The molecule has 0 bridgehead atoms. The highest BCUT2D eigenvalue weighted by Crippen LogP contribution is 2.23. The summed E-state index contributed by atoms with van der Waals surface area (Å²) in [5.74, 6) is -0.389. The number of hydrogen-bond acceptors (Lipinski definition) is 4. The van der Waals surface area contributed by atoms with Crippen LogP contribution in [0.25, 0.3) is 0 Å². The SMILES string of the molecule is CCOC(=O)c1ccccc1Nc1ccc(NC(=O)CCc2ccccc2)cc1. The van der Waals surface area contributed by atoms with Gasteiger partial charge in [0, 0.05) is 17.8 Å². The third kappa shape index (κ3) is 5.94. The van der Waals surface area contributed by atoms with E-state index in [2.05, 4.69) is 10.6 Å². The minimum atomic E-state index is -0.363. The minimum Gasteiger partial charge on any atom is -0.462 e. The lowest BCUT2D eigenvalue weighted by atomic mass is 10.1. The second kappa shape index (κ2) is 10.1. The van der Waals surface area contributed by atoms with Gasteiger partial charge in [0.2, 0.25) is 5.91 Å². The second-order valence-corrected chi connectivity index (χ2v) is 6.50. The Hall–Kier alpha value is -3.60. The Morgan fingerprint density at radius 2 is 1.48 bits per heavy atom. The predicted molar refractivity (Wildman–Crippen MR) is 116 cm³/mol. The van der Waals surface area contributed by atoms with E-state index in [0.29, 0.717) is 30.7 Å². The Balaban J connectivity index is 1.58. The molecule has 0 saturated carbocycles. The Labute approximate surface area is 170 Å². The lowest BCUT2D eigenvalue weighted by Gasteiger charge is -2.12. The third-order valence-corrected chi connectivity index (χ3v) is 4.35. The van der Waals surface area contributed by atoms with E-state index < -0.39 is 0 Å². The zero-order chi connectivity index (χ0) is 20.5. The molecule has 1 amide bonds. The van der Waals surface area contributed by atoms with Gasteiger partial charge >= 0.3 is 5.97 Å². The summed E-state index contributed by atoms with van der Waals surface area (Å²) in [6.45, 7) is 2.10. The first-order valence-electron chi connectivity index (χ1n) is 9.62. The second-order valence-electron chi connectivity index (χ2n) is 6.50. The molecule has 3 aromatic carbocycles. The van der Waals surface area contributed by atoms with Crippen LogP contribution < -0.4 is 10.6 Å². The Bertz CT molecular complexity index is 953. The molecule has 0 heterocycles. The van der Waals surface area contributed by atoms with E-state index in [1.165, 1.54) is 0 Å². The number of hydrogen-bond donors (Lipinski definition) is 2. The number of aryl methyl sites for hydroxylation is 1. The van der Waals surface area contributed by atoms with Gasteiger partial charge in [-0.2, -0.15) is 0 Å². The summed E-state index contributed by atoms with van der Waals surface area (Å²) < 4.78 is 5.10. The predicted octanol–water partition coefficient (Wildman–Crippen LogP) is 5.18. The molecule has 2 N–H and O–H groups in total. The maximum Gasteiger partial charge on any atom is 0.340 e. The molecule has 0 aliphatic carbocycles. The van der Waals surface area contributed by atoms with Crippen LogP contribution in [0, 0.1) is 0 Å². The molecule has 0 aromatic heterocycles. The van der Waals surface area contributed by atoms with Crippen molar-refractivity contribution >= 4 is 28.9 Å². The number of anilines is 3. The van der Waals surface area contributed by atoms with Crippen LogP contribution in [0.5, 0.6) is 0 Å². The van der Waals surface area contributed by atoms with Crippen molar-refractivity contribution in [3.8, 4) is 0 Å². The van der Waals surface area contributed by atoms with Gasteiger partial charge in [-0.05, 0) is 55.3 Å². The molecule has 0 atom stereocenters. The molecule has 29 heavy (non-hydrogen) atoms. The van der Waals surface area contributed by atoms with Crippen LogP contribution >= 0.6 is 0 Å². The fourth-order valence-electron chi connectivity index (χ4n) is 2.90. The monoisotopic (exact) mass is 388 g/mol. The maximum atomic E-state index is 12.2. The van der Waals surface area contributed by atoms with E-state index in [1.54, 1.807) is 19.1 Å². The summed E-state index contributed by atoms with van der Waals surface area (Å²) in [5.41, 5.74) is 3.83. The number of para-hydroxylation sites is 1. The van der Waals surface area contributed by atoms with Crippen LogP contribution in [0.4, 0.5) is 17.1 Å². The summed E-state index contributed by atoms with van der Waals surface area (Å²) in [5, 5.41) is 6.13. The highest BCUT2D eigenvalue weighted by atomic mass is 16.5. The van der Waals surface area contributed by atoms with Crippen molar-refractivity contribution in [3.63, 3.8) is 0 Å². The summed E-state index contributed by atoms with van der Waals surface area (Å²) in [7, 11) is 0. The van der Waals surface area contributed by atoms with Crippen molar-refractivity contribution in [1.29, 1.82) is 0 Å². The lowest BCUT2D eigenvalue weighted by molar-refractivity contribution is -0.116. The van der Waals surface area contributed by atoms with E-state index in [9.17, 15) is 9.59 Å². The maximum absolute atomic E-state index is 12.2. The van der Waals surface area contributed by atoms with Crippen molar-refractivity contribution in [2.24, 2.45) is 0 Å². The highest BCUT2D eigenvalue weighted by Gasteiger charge is 2.12. The molecular formula is C24H24N2O3.